The van der Waals surface area contributed by atoms with E-state index in [2.05, 4.69) is 27.0 Å². The highest BCUT2D eigenvalue weighted by molar-refractivity contribution is 5.88. The number of aromatic nitrogens is 4. The zero-order chi connectivity index (χ0) is 16.1. The maximum Gasteiger partial charge on any atom is 0.323 e. The predicted molar refractivity (Wildman–Crippen MR) is 85.0 cm³/mol. The molecule has 0 aliphatic rings. The van der Waals surface area contributed by atoms with E-state index in [1.165, 1.54) is 4.68 Å². The SMILES string of the molecule is C=C(C)CN(CC)C(=O)Nc1cc(C)nn1-c1ncccn1. The van der Waals surface area contributed by atoms with E-state index in [0.717, 1.165) is 11.3 Å². The average Bonchev–Trinajstić information content (AvgIpc) is 2.86. The molecule has 0 fully saturated rings. The first-order valence-corrected chi connectivity index (χ1v) is 7.05. The fourth-order valence-electron chi connectivity index (χ4n) is 1.98. The van der Waals surface area contributed by atoms with E-state index in [1.54, 1.807) is 29.4 Å². The molecule has 0 radical (unpaired) electrons. The van der Waals surface area contributed by atoms with Crippen molar-refractivity contribution in [1.82, 2.24) is 24.6 Å². The highest BCUT2D eigenvalue weighted by Crippen LogP contribution is 2.14. The van der Waals surface area contributed by atoms with Crippen LogP contribution in [-0.4, -0.2) is 43.8 Å². The normalized spacial score (nSPS) is 10.3. The molecule has 0 aromatic carbocycles. The second-order valence-corrected chi connectivity index (χ2v) is 5.03. The quantitative estimate of drug-likeness (QED) is 0.860. The highest BCUT2D eigenvalue weighted by atomic mass is 16.2. The molecular weight excluding hydrogens is 280 g/mol. The molecule has 0 saturated carbocycles. The summed E-state index contributed by atoms with van der Waals surface area (Å²) in [4.78, 5) is 22.3. The number of hydrogen-bond acceptors (Lipinski definition) is 4. The van der Waals surface area contributed by atoms with Crippen molar-refractivity contribution in [2.75, 3.05) is 18.4 Å². The molecule has 7 heteroatoms. The molecule has 0 saturated heterocycles. The molecule has 7 nitrogen and oxygen atoms in total. The number of rotatable bonds is 5. The summed E-state index contributed by atoms with van der Waals surface area (Å²) in [6.45, 7) is 10.6. The Kier molecular flexibility index (Phi) is 4.88. The van der Waals surface area contributed by atoms with Crippen LogP contribution >= 0.6 is 0 Å². The smallest absolute Gasteiger partial charge is 0.321 e. The van der Waals surface area contributed by atoms with Crippen LogP contribution in [0.3, 0.4) is 0 Å². The third-order valence-corrected chi connectivity index (χ3v) is 2.94. The molecule has 0 atom stereocenters. The fourth-order valence-corrected chi connectivity index (χ4v) is 1.98. The Morgan fingerprint density at radius 2 is 2.09 bits per heavy atom. The van der Waals surface area contributed by atoms with Crippen LogP contribution in [0.15, 0.2) is 36.7 Å². The molecule has 0 aliphatic carbocycles. The van der Waals surface area contributed by atoms with E-state index < -0.39 is 0 Å². The second kappa shape index (κ2) is 6.84. The molecule has 2 aromatic heterocycles. The van der Waals surface area contributed by atoms with Gasteiger partial charge in [0, 0.05) is 31.5 Å². The maximum absolute atomic E-state index is 12.4. The van der Waals surface area contributed by atoms with E-state index in [9.17, 15) is 4.79 Å². The van der Waals surface area contributed by atoms with Crippen LogP contribution in [0.1, 0.15) is 19.5 Å². The van der Waals surface area contributed by atoms with Gasteiger partial charge in [0.1, 0.15) is 5.82 Å². The first-order valence-electron chi connectivity index (χ1n) is 7.05. The first-order chi connectivity index (χ1) is 10.5. The zero-order valence-corrected chi connectivity index (χ0v) is 13.1. The van der Waals surface area contributed by atoms with Crippen LogP contribution in [0.2, 0.25) is 0 Å². The first kappa shape index (κ1) is 15.7. The number of likely N-dealkylation sites (N-methyl/N-ethyl adjacent to an activating group) is 1. The van der Waals surface area contributed by atoms with Crippen LogP contribution in [0.4, 0.5) is 10.6 Å². The predicted octanol–water partition coefficient (Wildman–Crippen LogP) is 2.40. The number of nitrogens with one attached hydrogen (secondary N) is 1. The molecule has 0 aliphatic heterocycles. The standard InChI is InChI=1S/C15H20N6O/c1-5-20(10-11(2)3)15(22)18-13-9-12(4)19-21(13)14-16-7-6-8-17-14/h6-9H,2,5,10H2,1,3-4H3,(H,18,22). The van der Waals surface area contributed by atoms with Crippen LogP contribution in [-0.2, 0) is 0 Å². The number of carbonyl (C=O) groups is 1. The van der Waals surface area contributed by atoms with Gasteiger partial charge >= 0.3 is 6.03 Å². The van der Waals surface area contributed by atoms with Crippen molar-refractivity contribution >= 4 is 11.8 Å². The van der Waals surface area contributed by atoms with Gasteiger partial charge in [0.15, 0.2) is 0 Å². The summed E-state index contributed by atoms with van der Waals surface area (Å²) in [5.41, 5.74) is 1.69. The van der Waals surface area contributed by atoms with Gasteiger partial charge in [-0.2, -0.15) is 9.78 Å². The summed E-state index contributed by atoms with van der Waals surface area (Å²) in [6, 6.07) is 3.30. The number of aryl methyl sites for hydroxylation is 1. The number of hydrogen-bond donors (Lipinski definition) is 1. The van der Waals surface area contributed by atoms with E-state index >= 15 is 0 Å². The molecule has 22 heavy (non-hydrogen) atoms. The van der Waals surface area contributed by atoms with Gasteiger partial charge in [0.05, 0.1) is 5.69 Å². The van der Waals surface area contributed by atoms with Gasteiger partial charge in [-0.25, -0.2) is 14.8 Å². The third-order valence-electron chi connectivity index (χ3n) is 2.94. The average molecular weight is 300 g/mol. The molecule has 2 rings (SSSR count). The van der Waals surface area contributed by atoms with Crippen molar-refractivity contribution in [2.24, 2.45) is 0 Å². The molecule has 0 spiro atoms. The summed E-state index contributed by atoms with van der Waals surface area (Å²) in [7, 11) is 0. The van der Waals surface area contributed by atoms with Crippen molar-refractivity contribution in [3.8, 4) is 5.95 Å². The van der Waals surface area contributed by atoms with Crippen LogP contribution < -0.4 is 5.32 Å². The van der Waals surface area contributed by atoms with Gasteiger partial charge in [0.25, 0.3) is 5.95 Å². The third kappa shape index (κ3) is 3.69. The highest BCUT2D eigenvalue weighted by Gasteiger charge is 2.16. The Morgan fingerprint density at radius 1 is 1.41 bits per heavy atom. The van der Waals surface area contributed by atoms with Crippen molar-refractivity contribution in [3.63, 3.8) is 0 Å². The van der Waals surface area contributed by atoms with E-state index in [4.69, 9.17) is 0 Å². The zero-order valence-electron chi connectivity index (χ0n) is 13.1. The Hall–Kier alpha value is -2.70. The molecular formula is C15H20N6O. The van der Waals surface area contributed by atoms with Gasteiger partial charge in [0.2, 0.25) is 0 Å². The molecule has 1 N–H and O–H groups in total. The lowest BCUT2D eigenvalue weighted by atomic mass is 10.3. The lowest BCUT2D eigenvalue weighted by Crippen LogP contribution is -2.36. The number of urea groups is 1. The van der Waals surface area contributed by atoms with Gasteiger partial charge < -0.3 is 4.90 Å². The second-order valence-electron chi connectivity index (χ2n) is 5.03. The number of anilines is 1. The monoisotopic (exact) mass is 300 g/mol. The Labute approximate surface area is 129 Å². The lowest BCUT2D eigenvalue weighted by molar-refractivity contribution is 0.218. The summed E-state index contributed by atoms with van der Waals surface area (Å²) < 4.78 is 1.52. The van der Waals surface area contributed by atoms with Crippen molar-refractivity contribution < 1.29 is 4.79 Å². The van der Waals surface area contributed by atoms with Crippen molar-refractivity contribution in [3.05, 3.63) is 42.4 Å². The topological polar surface area (TPSA) is 75.9 Å². The maximum atomic E-state index is 12.4. The minimum atomic E-state index is -0.206. The fraction of sp³-hybridized carbons (Fsp3) is 0.333. The van der Waals surface area contributed by atoms with Crippen LogP contribution in [0.5, 0.6) is 0 Å². The van der Waals surface area contributed by atoms with Crippen molar-refractivity contribution in [1.29, 1.82) is 0 Å². The molecule has 116 valence electrons. The Bertz CT molecular complexity index is 664. The number of carbonyl (C=O) groups excluding carboxylic acids is 1. The van der Waals surface area contributed by atoms with Crippen LogP contribution in [0, 0.1) is 6.92 Å². The van der Waals surface area contributed by atoms with E-state index in [1.807, 2.05) is 20.8 Å². The molecule has 2 heterocycles. The minimum Gasteiger partial charge on any atom is -0.321 e. The van der Waals surface area contributed by atoms with E-state index in [0.29, 0.717) is 24.9 Å². The Morgan fingerprint density at radius 3 is 2.68 bits per heavy atom. The molecule has 2 amide bonds. The summed E-state index contributed by atoms with van der Waals surface area (Å²) in [6.07, 6.45) is 3.26. The van der Waals surface area contributed by atoms with Crippen LogP contribution in [0.25, 0.3) is 5.95 Å². The number of nitrogens with zero attached hydrogens (tertiary/aromatic N) is 5. The number of amides is 2. The van der Waals surface area contributed by atoms with Gasteiger partial charge in [-0.3, -0.25) is 5.32 Å². The summed E-state index contributed by atoms with van der Waals surface area (Å²) in [5.74, 6) is 0.947. The molecule has 2 aromatic rings. The lowest BCUT2D eigenvalue weighted by Gasteiger charge is -2.21. The summed E-state index contributed by atoms with van der Waals surface area (Å²) >= 11 is 0. The van der Waals surface area contributed by atoms with Gasteiger partial charge in [-0.15, -0.1) is 0 Å². The Balaban J connectivity index is 2.23. The molecule has 0 unspecified atom stereocenters. The van der Waals surface area contributed by atoms with E-state index in [-0.39, 0.29) is 6.03 Å². The van der Waals surface area contributed by atoms with Crippen molar-refractivity contribution in [2.45, 2.75) is 20.8 Å². The summed E-state index contributed by atoms with van der Waals surface area (Å²) in [5, 5.41) is 7.17. The minimum absolute atomic E-state index is 0.206. The molecule has 0 bridgehead atoms. The largest absolute Gasteiger partial charge is 0.323 e. The van der Waals surface area contributed by atoms with Gasteiger partial charge in [-0.1, -0.05) is 12.2 Å². The van der Waals surface area contributed by atoms with Gasteiger partial charge in [-0.05, 0) is 26.8 Å².